The van der Waals surface area contributed by atoms with Crippen LogP contribution in [0.4, 0.5) is 11.4 Å². The molecule has 2 rings (SSSR count). The first-order valence-electron chi connectivity index (χ1n) is 6.12. The Kier molecular flexibility index (Phi) is 5.24. The van der Waals surface area contributed by atoms with E-state index in [0.717, 1.165) is 6.26 Å². The molecule has 10 heteroatoms. The van der Waals surface area contributed by atoms with Crippen molar-refractivity contribution in [1.82, 2.24) is 0 Å². The van der Waals surface area contributed by atoms with Crippen LogP contribution in [0.2, 0.25) is 5.02 Å². The lowest BCUT2D eigenvalue weighted by molar-refractivity contribution is 0.601. The van der Waals surface area contributed by atoms with Crippen molar-refractivity contribution in [3.8, 4) is 0 Å². The van der Waals surface area contributed by atoms with Gasteiger partial charge in [-0.3, -0.25) is 9.44 Å². The number of sulfonamides is 2. The Morgan fingerprint density at radius 1 is 1.00 bits per heavy atom. The van der Waals surface area contributed by atoms with Crippen molar-refractivity contribution >= 4 is 59.0 Å². The lowest BCUT2D eigenvalue weighted by atomic mass is 10.3. The molecule has 0 unspecified atom stereocenters. The number of nitrogens with one attached hydrogen (secondary N) is 2. The van der Waals surface area contributed by atoms with Crippen LogP contribution in [-0.2, 0) is 20.0 Å². The van der Waals surface area contributed by atoms with Gasteiger partial charge in [-0.25, -0.2) is 16.8 Å². The SMILES string of the molecule is CS(=O)(=O)Nc1ccc(Cl)c(NS(=O)(=O)c2cccc(Br)c2)c1. The number of anilines is 2. The van der Waals surface area contributed by atoms with Gasteiger partial charge in [0.05, 0.1) is 27.5 Å². The zero-order chi connectivity index (χ0) is 17.3. The van der Waals surface area contributed by atoms with E-state index in [0.29, 0.717) is 4.47 Å². The molecule has 0 aromatic heterocycles. The Bertz CT molecular complexity index is 946. The quantitative estimate of drug-likeness (QED) is 0.748. The van der Waals surface area contributed by atoms with Crippen LogP contribution in [0.15, 0.2) is 51.8 Å². The summed E-state index contributed by atoms with van der Waals surface area (Å²) in [5.41, 5.74) is 0.268. The fourth-order valence-electron chi connectivity index (χ4n) is 1.72. The molecule has 0 heterocycles. The summed E-state index contributed by atoms with van der Waals surface area (Å²) in [6.07, 6.45) is 0.993. The van der Waals surface area contributed by atoms with Crippen molar-refractivity contribution < 1.29 is 16.8 Å². The van der Waals surface area contributed by atoms with Crippen molar-refractivity contribution in [2.75, 3.05) is 15.7 Å². The van der Waals surface area contributed by atoms with Crippen molar-refractivity contribution in [1.29, 1.82) is 0 Å². The van der Waals surface area contributed by atoms with E-state index < -0.39 is 20.0 Å². The summed E-state index contributed by atoms with van der Waals surface area (Å²) in [5, 5.41) is 0.141. The van der Waals surface area contributed by atoms with Crippen LogP contribution in [0.3, 0.4) is 0 Å². The molecule has 0 fully saturated rings. The maximum absolute atomic E-state index is 12.4. The van der Waals surface area contributed by atoms with E-state index in [1.54, 1.807) is 12.1 Å². The fourth-order valence-corrected chi connectivity index (χ4v) is 4.16. The summed E-state index contributed by atoms with van der Waals surface area (Å²) in [6.45, 7) is 0. The summed E-state index contributed by atoms with van der Waals surface area (Å²) in [5.74, 6) is 0. The third-order valence-corrected chi connectivity index (χ3v) is 5.41. The van der Waals surface area contributed by atoms with Gasteiger partial charge < -0.3 is 0 Å². The smallest absolute Gasteiger partial charge is 0.261 e. The van der Waals surface area contributed by atoms with Gasteiger partial charge in [0, 0.05) is 4.47 Å². The van der Waals surface area contributed by atoms with Gasteiger partial charge in [0.1, 0.15) is 0 Å². The molecule has 6 nitrogen and oxygen atoms in total. The van der Waals surface area contributed by atoms with E-state index in [9.17, 15) is 16.8 Å². The Morgan fingerprint density at radius 2 is 1.70 bits per heavy atom. The summed E-state index contributed by atoms with van der Waals surface area (Å²) < 4.78 is 52.5. The molecule has 23 heavy (non-hydrogen) atoms. The van der Waals surface area contributed by atoms with Crippen LogP contribution < -0.4 is 9.44 Å². The lowest BCUT2D eigenvalue weighted by Crippen LogP contribution is -2.14. The maximum atomic E-state index is 12.4. The molecule has 0 aliphatic heterocycles. The van der Waals surface area contributed by atoms with Crippen LogP contribution in [0.5, 0.6) is 0 Å². The average molecular weight is 440 g/mol. The van der Waals surface area contributed by atoms with Gasteiger partial charge in [0.15, 0.2) is 0 Å². The standard InChI is InChI=1S/C13H12BrClN2O4S2/c1-22(18,19)16-10-5-6-12(15)13(8-10)17-23(20,21)11-4-2-3-9(14)7-11/h2-8,16-17H,1H3. The molecule has 0 spiro atoms. The molecule has 2 aromatic carbocycles. The molecule has 2 N–H and O–H groups in total. The molecule has 0 aliphatic rings. The van der Waals surface area contributed by atoms with Gasteiger partial charge in [-0.2, -0.15) is 0 Å². The number of hydrogen-bond acceptors (Lipinski definition) is 4. The highest BCUT2D eigenvalue weighted by Crippen LogP contribution is 2.28. The van der Waals surface area contributed by atoms with Gasteiger partial charge in [-0.1, -0.05) is 33.6 Å². The van der Waals surface area contributed by atoms with Gasteiger partial charge >= 0.3 is 0 Å². The topological polar surface area (TPSA) is 92.3 Å². The molecular weight excluding hydrogens is 428 g/mol. The highest BCUT2D eigenvalue weighted by atomic mass is 79.9. The number of benzene rings is 2. The summed E-state index contributed by atoms with van der Waals surface area (Å²) in [4.78, 5) is 0.0458. The number of rotatable bonds is 5. The third-order valence-electron chi connectivity index (χ3n) is 2.62. The number of halogens is 2. The summed E-state index contributed by atoms with van der Waals surface area (Å²) in [6, 6.07) is 10.3. The van der Waals surface area contributed by atoms with Gasteiger partial charge in [0.25, 0.3) is 10.0 Å². The second kappa shape index (κ2) is 6.68. The minimum absolute atomic E-state index is 0.0458. The molecule has 124 valence electrons. The summed E-state index contributed by atoms with van der Waals surface area (Å²) in [7, 11) is -7.35. The van der Waals surface area contributed by atoms with Crippen molar-refractivity contribution in [2.45, 2.75) is 4.90 Å². The summed E-state index contributed by atoms with van der Waals surface area (Å²) >= 11 is 9.18. The molecular formula is C13H12BrClN2O4S2. The molecule has 0 saturated carbocycles. The van der Waals surface area contributed by atoms with E-state index in [2.05, 4.69) is 25.4 Å². The normalized spacial score (nSPS) is 12.0. The zero-order valence-corrected chi connectivity index (χ0v) is 15.7. The largest absolute Gasteiger partial charge is 0.284 e. The van der Waals surface area contributed by atoms with Crippen molar-refractivity contribution in [3.63, 3.8) is 0 Å². The third kappa shape index (κ3) is 5.10. The first-order valence-corrected chi connectivity index (χ1v) is 10.7. The Balaban J connectivity index is 2.37. The Hall–Kier alpha value is -1.29. The molecule has 0 bridgehead atoms. The Morgan fingerprint density at radius 3 is 2.30 bits per heavy atom. The highest BCUT2D eigenvalue weighted by Gasteiger charge is 2.17. The molecule has 0 atom stereocenters. The van der Waals surface area contributed by atoms with E-state index in [-0.39, 0.29) is 21.3 Å². The lowest BCUT2D eigenvalue weighted by Gasteiger charge is -2.12. The van der Waals surface area contributed by atoms with Crippen molar-refractivity contribution in [3.05, 3.63) is 52.0 Å². The molecule has 0 aliphatic carbocycles. The van der Waals surface area contributed by atoms with Crippen LogP contribution >= 0.6 is 27.5 Å². The number of hydrogen-bond donors (Lipinski definition) is 2. The average Bonchev–Trinajstić information content (AvgIpc) is 2.41. The molecule has 0 saturated heterocycles. The monoisotopic (exact) mass is 438 g/mol. The van der Waals surface area contributed by atoms with E-state index in [4.69, 9.17) is 11.6 Å². The van der Waals surface area contributed by atoms with E-state index >= 15 is 0 Å². The van der Waals surface area contributed by atoms with E-state index in [1.165, 1.54) is 30.3 Å². The molecule has 2 aromatic rings. The van der Waals surface area contributed by atoms with Crippen LogP contribution in [0.1, 0.15) is 0 Å². The van der Waals surface area contributed by atoms with Crippen LogP contribution in [-0.4, -0.2) is 23.1 Å². The Labute approximate surface area is 148 Å². The predicted octanol–water partition coefficient (Wildman–Crippen LogP) is 3.27. The van der Waals surface area contributed by atoms with Crippen LogP contribution in [0, 0.1) is 0 Å². The maximum Gasteiger partial charge on any atom is 0.261 e. The highest BCUT2D eigenvalue weighted by molar-refractivity contribution is 9.10. The van der Waals surface area contributed by atoms with Crippen molar-refractivity contribution in [2.24, 2.45) is 0 Å². The molecule has 0 radical (unpaired) electrons. The molecule has 0 amide bonds. The van der Waals surface area contributed by atoms with Gasteiger partial charge in [0.2, 0.25) is 10.0 Å². The minimum atomic E-state index is -3.86. The van der Waals surface area contributed by atoms with Crippen LogP contribution in [0.25, 0.3) is 0 Å². The predicted molar refractivity (Wildman–Crippen MR) is 94.9 cm³/mol. The minimum Gasteiger partial charge on any atom is -0.284 e. The van der Waals surface area contributed by atoms with Gasteiger partial charge in [-0.05, 0) is 36.4 Å². The van der Waals surface area contributed by atoms with Gasteiger partial charge in [-0.15, -0.1) is 0 Å². The zero-order valence-electron chi connectivity index (χ0n) is 11.7. The fraction of sp³-hybridized carbons (Fsp3) is 0.0769. The first-order chi connectivity index (χ1) is 10.6. The first kappa shape index (κ1) is 18.1. The second-order valence-electron chi connectivity index (χ2n) is 4.63. The van der Waals surface area contributed by atoms with E-state index in [1.807, 2.05) is 0 Å². The second-order valence-corrected chi connectivity index (χ2v) is 9.39.